The van der Waals surface area contributed by atoms with Crippen LogP contribution in [0.15, 0.2) is 46.0 Å². The fraction of sp³-hybridized carbons (Fsp3) is 0.357. The zero-order valence-electron chi connectivity index (χ0n) is 11.4. The molecular formula is C14H16BrN3O2S. The lowest BCUT2D eigenvalue weighted by atomic mass is 10.0. The fourth-order valence-electron chi connectivity index (χ4n) is 2.71. The van der Waals surface area contributed by atoms with Crippen LogP contribution in [0.4, 0.5) is 0 Å². The van der Waals surface area contributed by atoms with Gasteiger partial charge in [0.25, 0.3) is 0 Å². The highest BCUT2D eigenvalue weighted by molar-refractivity contribution is 9.10. The number of hydrogen-bond donors (Lipinski definition) is 1. The standard InChI is InChI=1S/C14H16BrN3O2S/c15-11-5-1-2-7-13(11)21(19,20)18-10-4-3-6-12(18)14-16-8-9-17-14/h1-2,5,7-9,12H,3-4,6,10H2,(H,16,17). The maximum absolute atomic E-state index is 13.0. The summed E-state index contributed by atoms with van der Waals surface area (Å²) in [6.07, 6.45) is 6.06. The van der Waals surface area contributed by atoms with Gasteiger partial charge in [0.2, 0.25) is 10.0 Å². The molecule has 1 aliphatic rings. The number of benzene rings is 1. The first-order valence-corrected chi connectivity index (χ1v) is 9.09. The first-order valence-electron chi connectivity index (χ1n) is 6.86. The second-order valence-electron chi connectivity index (χ2n) is 5.03. The van der Waals surface area contributed by atoms with Crippen molar-refractivity contribution in [2.45, 2.75) is 30.2 Å². The van der Waals surface area contributed by atoms with Crippen molar-refractivity contribution >= 4 is 26.0 Å². The Morgan fingerprint density at radius 1 is 1.29 bits per heavy atom. The molecule has 3 rings (SSSR count). The molecule has 0 aliphatic carbocycles. The minimum Gasteiger partial charge on any atom is -0.347 e. The van der Waals surface area contributed by atoms with Crippen LogP contribution in [-0.4, -0.2) is 29.2 Å². The highest BCUT2D eigenvalue weighted by Gasteiger charge is 2.36. The molecule has 0 bridgehead atoms. The van der Waals surface area contributed by atoms with E-state index in [2.05, 4.69) is 25.9 Å². The minimum absolute atomic E-state index is 0.217. The Morgan fingerprint density at radius 2 is 2.10 bits per heavy atom. The molecule has 5 nitrogen and oxygen atoms in total. The van der Waals surface area contributed by atoms with Crippen molar-refractivity contribution in [2.75, 3.05) is 6.54 Å². The van der Waals surface area contributed by atoms with Crippen LogP contribution in [0, 0.1) is 0 Å². The van der Waals surface area contributed by atoms with Gasteiger partial charge in [0.05, 0.1) is 10.9 Å². The summed E-state index contributed by atoms with van der Waals surface area (Å²) in [5, 5.41) is 0. The Morgan fingerprint density at radius 3 is 2.81 bits per heavy atom. The Balaban J connectivity index is 2.02. The van der Waals surface area contributed by atoms with E-state index >= 15 is 0 Å². The Kier molecular flexibility index (Phi) is 4.14. The van der Waals surface area contributed by atoms with E-state index in [0.29, 0.717) is 21.7 Å². The fourth-order valence-corrected chi connectivity index (χ4v) is 5.33. The van der Waals surface area contributed by atoms with Gasteiger partial charge in [0.15, 0.2) is 0 Å². The second kappa shape index (κ2) is 5.90. The van der Waals surface area contributed by atoms with Crippen LogP contribution in [0.3, 0.4) is 0 Å². The normalized spacial score (nSPS) is 20.5. The number of nitrogens with zero attached hydrogens (tertiary/aromatic N) is 2. The highest BCUT2D eigenvalue weighted by Crippen LogP contribution is 2.35. The lowest BCUT2D eigenvalue weighted by Crippen LogP contribution is -2.39. The van der Waals surface area contributed by atoms with E-state index in [1.165, 1.54) is 0 Å². The van der Waals surface area contributed by atoms with Crippen molar-refractivity contribution in [3.05, 3.63) is 47.0 Å². The lowest BCUT2D eigenvalue weighted by Gasteiger charge is -2.33. The quantitative estimate of drug-likeness (QED) is 0.903. The molecule has 1 atom stereocenters. The van der Waals surface area contributed by atoms with Crippen molar-refractivity contribution < 1.29 is 8.42 Å². The molecule has 1 aromatic carbocycles. The number of halogens is 1. The second-order valence-corrected chi connectivity index (χ2v) is 7.75. The maximum atomic E-state index is 13.0. The van der Waals surface area contributed by atoms with E-state index in [4.69, 9.17) is 0 Å². The molecule has 1 saturated heterocycles. The van der Waals surface area contributed by atoms with Crippen molar-refractivity contribution in [1.29, 1.82) is 0 Å². The van der Waals surface area contributed by atoms with Gasteiger partial charge in [-0.25, -0.2) is 13.4 Å². The third kappa shape index (κ3) is 2.77. The highest BCUT2D eigenvalue weighted by atomic mass is 79.9. The van der Waals surface area contributed by atoms with Gasteiger partial charge in [-0.15, -0.1) is 0 Å². The van der Waals surface area contributed by atoms with Crippen LogP contribution in [-0.2, 0) is 10.0 Å². The summed E-state index contributed by atoms with van der Waals surface area (Å²) in [5.41, 5.74) is 0. The Hall–Kier alpha value is -1.18. The van der Waals surface area contributed by atoms with E-state index in [9.17, 15) is 8.42 Å². The van der Waals surface area contributed by atoms with E-state index in [0.717, 1.165) is 19.3 Å². The number of imidazole rings is 1. The number of aromatic nitrogens is 2. The first-order chi connectivity index (χ1) is 10.1. The van der Waals surface area contributed by atoms with Crippen LogP contribution < -0.4 is 0 Å². The molecule has 2 heterocycles. The lowest BCUT2D eigenvalue weighted by molar-refractivity contribution is 0.247. The number of rotatable bonds is 3. The molecule has 1 unspecified atom stereocenters. The number of hydrogen-bond acceptors (Lipinski definition) is 3. The average Bonchev–Trinajstić information content (AvgIpc) is 3.01. The van der Waals surface area contributed by atoms with Crippen molar-refractivity contribution in [3.63, 3.8) is 0 Å². The van der Waals surface area contributed by atoms with E-state index in [1.807, 2.05) is 6.07 Å². The van der Waals surface area contributed by atoms with E-state index in [1.54, 1.807) is 34.9 Å². The number of piperidine rings is 1. The Labute approximate surface area is 132 Å². The number of aromatic amines is 1. The predicted octanol–water partition coefficient (Wildman–Crippen LogP) is 3.09. The molecule has 1 aromatic heterocycles. The summed E-state index contributed by atoms with van der Waals surface area (Å²) in [4.78, 5) is 7.60. The summed E-state index contributed by atoms with van der Waals surface area (Å²) in [7, 11) is -3.54. The summed E-state index contributed by atoms with van der Waals surface area (Å²) in [5.74, 6) is 0.713. The molecule has 2 aromatic rings. The van der Waals surface area contributed by atoms with Crippen LogP contribution in [0.1, 0.15) is 31.1 Å². The van der Waals surface area contributed by atoms with Crippen LogP contribution >= 0.6 is 15.9 Å². The third-order valence-corrected chi connectivity index (χ3v) is 6.63. The minimum atomic E-state index is -3.54. The SMILES string of the molecule is O=S(=O)(c1ccccc1Br)N1CCCCC1c1ncc[nH]1. The molecule has 0 amide bonds. The zero-order valence-corrected chi connectivity index (χ0v) is 13.8. The van der Waals surface area contributed by atoms with Crippen molar-refractivity contribution in [1.82, 2.24) is 14.3 Å². The molecule has 0 saturated carbocycles. The molecule has 0 radical (unpaired) electrons. The predicted molar refractivity (Wildman–Crippen MR) is 83.2 cm³/mol. The summed E-state index contributed by atoms with van der Waals surface area (Å²) in [6, 6.07) is 6.71. The molecule has 7 heteroatoms. The maximum Gasteiger partial charge on any atom is 0.244 e. The third-order valence-electron chi connectivity index (χ3n) is 3.71. The Bertz CT molecular complexity index is 716. The molecule has 112 valence electrons. The number of nitrogens with one attached hydrogen (secondary N) is 1. The van der Waals surface area contributed by atoms with Gasteiger partial charge < -0.3 is 4.98 Å². The van der Waals surface area contributed by atoms with E-state index < -0.39 is 10.0 Å². The van der Waals surface area contributed by atoms with Crippen LogP contribution in [0.2, 0.25) is 0 Å². The topological polar surface area (TPSA) is 66.1 Å². The molecular weight excluding hydrogens is 354 g/mol. The van der Waals surface area contributed by atoms with Crippen LogP contribution in [0.25, 0.3) is 0 Å². The van der Waals surface area contributed by atoms with Gasteiger partial charge in [-0.05, 0) is 40.9 Å². The number of H-pyrrole nitrogens is 1. The smallest absolute Gasteiger partial charge is 0.244 e. The van der Waals surface area contributed by atoms with Gasteiger partial charge in [-0.3, -0.25) is 0 Å². The van der Waals surface area contributed by atoms with Crippen LogP contribution in [0.5, 0.6) is 0 Å². The molecule has 1 fully saturated rings. The van der Waals surface area contributed by atoms with Gasteiger partial charge >= 0.3 is 0 Å². The zero-order chi connectivity index (χ0) is 14.9. The number of sulfonamides is 1. The molecule has 1 N–H and O–H groups in total. The first kappa shape index (κ1) is 14.7. The molecule has 21 heavy (non-hydrogen) atoms. The summed E-state index contributed by atoms with van der Waals surface area (Å²) >= 11 is 3.34. The molecule has 1 aliphatic heterocycles. The monoisotopic (exact) mass is 369 g/mol. The summed E-state index contributed by atoms with van der Waals surface area (Å²) < 4.78 is 28.1. The van der Waals surface area contributed by atoms with Gasteiger partial charge in [0.1, 0.15) is 5.82 Å². The summed E-state index contributed by atoms with van der Waals surface area (Å²) in [6.45, 7) is 0.523. The van der Waals surface area contributed by atoms with Gasteiger partial charge in [-0.1, -0.05) is 18.6 Å². The average molecular weight is 370 g/mol. The van der Waals surface area contributed by atoms with Crippen molar-refractivity contribution in [2.24, 2.45) is 0 Å². The molecule has 0 spiro atoms. The van der Waals surface area contributed by atoms with Crippen molar-refractivity contribution in [3.8, 4) is 0 Å². The van der Waals surface area contributed by atoms with Gasteiger partial charge in [0, 0.05) is 23.4 Å². The largest absolute Gasteiger partial charge is 0.347 e. The van der Waals surface area contributed by atoms with Gasteiger partial charge in [-0.2, -0.15) is 4.31 Å². The van der Waals surface area contributed by atoms with E-state index in [-0.39, 0.29) is 6.04 Å².